The summed E-state index contributed by atoms with van der Waals surface area (Å²) in [6.07, 6.45) is 0.262. The van der Waals surface area contributed by atoms with Crippen LogP contribution in [0.25, 0.3) is 0 Å². The molecular weight excluding hydrogens is 202 g/mol. The second kappa shape index (κ2) is 5.47. The third kappa shape index (κ3) is 3.52. The number of hydrogen-bond donors (Lipinski definition) is 2. The van der Waals surface area contributed by atoms with Gasteiger partial charge in [0.2, 0.25) is 0 Å². The average molecular weight is 219 g/mol. The fourth-order valence-electron chi connectivity index (χ4n) is 1.56. The lowest BCUT2D eigenvalue weighted by Crippen LogP contribution is -2.21. The summed E-state index contributed by atoms with van der Waals surface area (Å²) in [4.78, 5) is 4.28. The van der Waals surface area contributed by atoms with Crippen molar-refractivity contribution in [2.24, 2.45) is 0 Å². The van der Waals surface area contributed by atoms with Crippen molar-refractivity contribution in [3.05, 3.63) is 23.4 Å². The van der Waals surface area contributed by atoms with Gasteiger partial charge >= 0.3 is 0 Å². The highest BCUT2D eigenvalue weighted by molar-refractivity contribution is 5.52. The Morgan fingerprint density at radius 2 is 2.19 bits per heavy atom. The highest BCUT2D eigenvalue weighted by Gasteiger charge is 2.09. The van der Waals surface area contributed by atoms with Gasteiger partial charge in [-0.25, -0.2) is 4.98 Å². The first-order valence-corrected chi connectivity index (χ1v) is 5.35. The Kier molecular flexibility index (Phi) is 4.27. The molecule has 2 unspecified atom stereocenters. The van der Waals surface area contributed by atoms with Crippen LogP contribution in [0.3, 0.4) is 0 Å². The SMILES string of the molecule is Cc1ccc(C#N)c(NC(C)CC(C)O)n1. The molecule has 0 aliphatic carbocycles. The zero-order valence-electron chi connectivity index (χ0n) is 9.86. The van der Waals surface area contributed by atoms with Gasteiger partial charge in [-0.1, -0.05) is 0 Å². The van der Waals surface area contributed by atoms with Crippen molar-refractivity contribution in [2.75, 3.05) is 5.32 Å². The molecule has 1 aromatic rings. The Bertz CT molecular complexity index is 396. The van der Waals surface area contributed by atoms with Gasteiger partial charge in [0.05, 0.1) is 11.7 Å². The topological polar surface area (TPSA) is 68.9 Å². The van der Waals surface area contributed by atoms with Crippen LogP contribution in [0.5, 0.6) is 0 Å². The number of aryl methyl sites for hydroxylation is 1. The van der Waals surface area contributed by atoms with Gasteiger partial charge in [-0.3, -0.25) is 0 Å². The van der Waals surface area contributed by atoms with E-state index in [-0.39, 0.29) is 12.1 Å². The van der Waals surface area contributed by atoms with E-state index >= 15 is 0 Å². The molecule has 1 aromatic heterocycles. The van der Waals surface area contributed by atoms with Crippen LogP contribution in [-0.4, -0.2) is 22.2 Å². The average Bonchev–Trinajstić information content (AvgIpc) is 2.16. The Hall–Kier alpha value is -1.60. The molecule has 0 saturated heterocycles. The maximum atomic E-state index is 9.26. The highest BCUT2D eigenvalue weighted by Crippen LogP contribution is 2.14. The number of pyridine rings is 1. The number of aromatic nitrogens is 1. The fourth-order valence-corrected chi connectivity index (χ4v) is 1.56. The Morgan fingerprint density at radius 1 is 1.50 bits per heavy atom. The molecule has 4 nitrogen and oxygen atoms in total. The first-order chi connectivity index (χ1) is 7.52. The number of nitrogens with zero attached hydrogens (tertiary/aromatic N) is 2. The van der Waals surface area contributed by atoms with Crippen molar-refractivity contribution in [3.8, 4) is 6.07 Å². The molecule has 16 heavy (non-hydrogen) atoms. The second-order valence-corrected chi connectivity index (χ2v) is 4.09. The lowest BCUT2D eigenvalue weighted by molar-refractivity contribution is 0.179. The standard InChI is InChI=1S/C12H17N3O/c1-8-4-5-11(7-13)12(14-8)15-9(2)6-10(3)16/h4-5,9-10,16H,6H2,1-3H3,(H,14,15). The summed E-state index contributed by atoms with van der Waals surface area (Å²) in [7, 11) is 0. The molecule has 4 heteroatoms. The van der Waals surface area contributed by atoms with Crippen molar-refractivity contribution < 1.29 is 5.11 Å². The molecule has 1 heterocycles. The van der Waals surface area contributed by atoms with Crippen LogP contribution in [0.4, 0.5) is 5.82 Å². The number of aliphatic hydroxyl groups is 1. The van der Waals surface area contributed by atoms with E-state index in [2.05, 4.69) is 16.4 Å². The van der Waals surface area contributed by atoms with Crippen LogP contribution >= 0.6 is 0 Å². The van der Waals surface area contributed by atoms with Crippen LogP contribution in [0.1, 0.15) is 31.5 Å². The third-order valence-corrected chi connectivity index (χ3v) is 2.23. The molecule has 86 valence electrons. The summed E-state index contributed by atoms with van der Waals surface area (Å²) < 4.78 is 0. The molecule has 0 amide bonds. The normalized spacial score (nSPS) is 13.9. The number of hydrogen-bond acceptors (Lipinski definition) is 4. The molecule has 0 bridgehead atoms. The van der Waals surface area contributed by atoms with E-state index in [1.54, 1.807) is 13.0 Å². The lowest BCUT2D eigenvalue weighted by atomic mass is 10.1. The minimum Gasteiger partial charge on any atom is -0.393 e. The third-order valence-electron chi connectivity index (χ3n) is 2.23. The van der Waals surface area contributed by atoms with Gasteiger partial charge in [-0.15, -0.1) is 0 Å². The molecule has 0 fully saturated rings. The molecule has 0 spiro atoms. The smallest absolute Gasteiger partial charge is 0.144 e. The first-order valence-electron chi connectivity index (χ1n) is 5.35. The molecule has 2 N–H and O–H groups in total. The van der Waals surface area contributed by atoms with Crippen molar-refractivity contribution in [1.29, 1.82) is 5.26 Å². The van der Waals surface area contributed by atoms with E-state index in [4.69, 9.17) is 5.26 Å². The number of anilines is 1. The zero-order valence-corrected chi connectivity index (χ0v) is 9.86. The fraction of sp³-hybridized carbons (Fsp3) is 0.500. The highest BCUT2D eigenvalue weighted by atomic mass is 16.3. The van der Waals surface area contributed by atoms with E-state index in [0.717, 1.165) is 5.69 Å². The summed E-state index contributed by atoms with van der Waals surface area (Å²) >= 11 is 0. The number of nitriles is 1. The number of aliphatic hydroxyl groups excluding tert-OH is 1. The molecule has 0 aromatic carbocycles. The van der Waals surface area contributed by atoms with E-state index in [0.29, 0.717) is 17.8 Å². The van der Waals surface area contributed by atoms with Crippen molar-refractivity contribution in [2.45, 2.75) is 39.3 Å². The first kappa shape index (κ1) is 12.5. The minimum absolute atomic E-state index is 0.0846. The minimum atomic E-state index is -0.363. The van der Waals surface area contributed by atoms with Gasteiger partial charge in [-0.05, 0) is 39.3 Å². The zero-order chi connectivity index (χ0) is 12.1. The van der Waals surface area contributed by atoms with Crippen LogP contribution < -0.4 is 5.32 Å². The van der Waals surface area contributed by atoms with E-state index < -0.39 is 0 Å². The maximum Gasteiger partial charge on any atom is 0.144 e. The second-order valence-electron chi connectivity index (χ2n) is 4.09. The van der Waals surface area contributed by atoms with E-state index in [1.165, 1.54) is 0 Å². The number of rotatable bonds is 4. The molecule has 0 aliphatic rings. The summed E-state index contributed by atoms with van der Waals surface area (Å²) in [5, 5.41) is 21.3. The van der Waals surface area contributed by atoms with Gasteiger partial charge in [0.25, 0.3) is 0 Å². The van der Waals surface area contributed by atoms with Crippen molar-refractivity contribution in [3.63, 3.8) is 0 Å². The maximum absolute atomic E-state index is 9.26. The van der Waals surface area contributed by atoms with Gasteiger partial charge < -0.3 is 10.4 Å². The molecule has 0 saturated carbocycles. The van der Waals surface area contributed by atoms with Crippen LogP contribution in [0.15, 0.2) is 12.1 Å². The van der Waals surface area contributed by atoms with Gasteiger partial charge in [0.15, 0.2) is 0 Å². The van der Waals surface area contributed by atoms with Crippen LogP contribution in [0, 0.1) is 18.3 Å². The quantitative estimate of drug-likeness (QED) is 0.810. The van der Waals surface area contributed by atoms with Gasteiger partial charge in [-0.2, -0.15) is 5.26 Å². The van der Waals surface area contributed by atoms with E-state index in [9.17, 15) is 5.11 Å². The van der Waals surface area contributed by atoms with Crippen molar-refractivity contribution >= 4 is 5.82 Å². The van der Waals surface area contributed by atoms with Crippen molar-refractivity contribution in [1.82, 2.24) is 4.98 Å². The lowest BCUT2D eigenvalue weighted by Gasteiger charge is -2.16. The Morgan fingerprint density at radius 3 is 2.75 bits per heavy atom. The summed E-state index contributed by atoms with van der Waals surface area (Å²) in [5.41, 5.74) is 1.40. The largest absolute Gasteiger partial charge is 0.393 e. The molecular formula is C12H17N3O. The predicted octanol–water partition coefficient (Wildman–Crippen LogP) is 1.83. The Balaban J connectivity index is 2.80. The predicted molar refractivity (Wildman–Crippen MR) is 63.1 cm³/mol. The summed E-state index contributed by atoms with van der Waals surface area (Å²) in [6, 6.07) is 5.74. The van der Waals surface area contributed by atoms with Gasteiger partial charge in [0.1, 0.15) is 11.9 Å². The van der Waals surface area contributed by atoms with Gasteiger partial charge in [0, 0.05) is 11.7 Å². The summed E-state index contributed by atoms with van der Waals surface area (Å²) in [6.45, 7) is 5.58. The molecule has 0 radical (unpaired) electrons. The Labute approximate surface area is 95.9 Å². The molecule has 2 atom stereocenters. The molecule has 0 aliphatic heterocycles. The van der Waals surface area contributed by atoms with Crippen LogP contribution in [0.2, 0.25) is 0 Å². The van der Waals surface area contributed by atoms with Crippen LogP contribution in [-0.2, 0) is 0 Å². The molecule has 1 rings (SSSR count). The monoisotopic (exact) mass is 219 g/mol. The number of nitrogens with one attached hydrogen (secondary N) is 1. The van der Waals surface area contributed by atoms with E-state index in [1.807, 2.05) is 19.9 Å². The summed E-state index contributed by atoms with van der Waals surface area (Å²) in [5.74, 6) is 0.593.